The van der Waals surface area contributed by atoms with Gasteiger partial charge in [-0.25, -0.2) is 9.37 Å². The number of allylic oxidation sites excluding steroid dienone is 6. The molecule has 0 amide bonds. The second-order valence-electron chi connectivity index (χ2n) is 6.77. The number of phenols is 2. The van der Waals surface area contributed by atoms with E-state index in [0.29, 0.717) is 17.6 Å². The number of nitrogens with one attached hydrogen (secondary N) is 1. The number of aromatic amines is 1. The van der Waals surface area contributed by atoms with Crippen LogP contribution in [0.25, 0.3) is 27.7 Å². The molecule has 0 aliphatic heterocycles. The summed E-state index contributed by atoms with van der Waals surface area (Å²) in [7, 11) is 0. The largest absolute Gasteiger partial charge is 0.504 e. The monoisotopic (exact) mass is 386 g/mol. The number of aromatic nitrogens is 2. The van der Waals surface area contributed by atoms with Crippen molar-refractivity contribution in [1.29, 1.82) is 0 Å². The molecular formula is C24H19FN2O2. The van der Waals surface area contributed by atoms with E-state index < -0.39 is 6.17 Å². The fourth-order valence-corrected chi connectivity index (χ4v) is 3.23. The van der Waals surface area contributed by atoms with Crippen LogP contribution in [0.4, 0.5) is 4.39 Å². The third-order valence-electron chi connectivity index (χ3n) is 4.88. The molecule has 0 saturated heterocycles. The first-order chi connectivity index (χ1) is 14.1. The third kappa shape index (κ3) is 3.65. The highest BCUT2D eigenvalue weighted by Gasteiger charge is 2.12. The first-order valence-electron chi connectivity index (χ1n) is 9.30. The Morgan fingerprint density at radius 2 is 1.90 bits per heavy atom. The van der Waals surface area contributed by atoms with Gasteiger partial charge in [-0.05, 0) is 53.5 Å². The molecule has 2 aromatic heterocycles. The fraction of sp³-hybridized carbons (Fsp3) is 0.125. The highest BCUT2D eigenvalue weighted by atomic mass is 19.1. The van der Waals surface area contributed by atoms with E-state index in [0.717, 1.165) is 27.6 Å². The van der Waals surface area contributed by atoms with Crippen LogP contribution in [0.2, 0.25) is 0 Å². The second-order valence-corrected chi connectivity index (χ2v) is 6.77. The number of hydrogen-bond acceptors (Lipinski definition) is 3. The third-order valence-corrected chi connectivity index (χ3v) is 4.88. The Bertz CT molecular complexity index is 1240. The van der Waals surface area contributed by atoms with Gasteiger partial charge in [-0.1, -0.05) is 37.0 Å². The van der Waals surface area contributed by atoms with Crippen LogP contribution < -0.4 is 0 Å². The molecule has 4 nitrogen and oxygen atoms in total. The zero-order valence-electron chi connectivity index (χ0n) is 15.8. The number of H-pyrrole nitrogens is 1. The standard InChI is InChI=1S/C24H19FN2O2/c1-2-21(25)16-6-4-3-5-15(7-8-16)20-14-27-24-19(20)11-18(13-26-24)17-9-10-22(28)23(29)12-17/h5-14,21,28-29H,2H2,1H3,(H,26,27)/b8-7-,15-5?,15-7?,16-6-,16-8?. The molecular weight excluding hydrogens is 367 g/mol. The summed E-state index contributed by atoms with van der Waals surface area (Å²) < 4.78 is 14.1. The Morgan fingerprint density at radius 3 is 2.69 bits per heavy atom. The number of halogens is 1. The fourth-order valence-electron chi connectivity index (χ4n) is 3.23. The van der Waals surface area contributed by atoms with Gasteiger partial charge in [0.05, 0.1) is 0 Å². The van der Waals surface area contributed by atoms with Gasteiger partial charge in [0, 0.05) is 28.9 Å². The number of alkyl halides is 1. The molecule has 0 fully saturated rings. The summed E-state index contributed by atoms with van der Waals surface area (Å²) in [6.07, 6.45) is 9.95. The summed E-state index contributed by atoms with van der Waals surface area (Å²) in [5.41, 5.74) is 4.55. The van der Waals surface area contributed by atoms with E-state index in [9.17, 15) is 14.6 Å². The van der Waals surface area contributed by atoms with Crippen molar-refractivity contribution in [3.8, 4) is 34.5 Å². The van der Waals surface area contributed by atoms with Crippen molar-refractivity contribution in [3.63, 3.8) is 0 Å². The van der Waals surface area contributed by atoms with Crippen LogP contribution in [0.15, 0.2) is 66.5 Å². The molecule has 3 aromatic rings. The highest BCUT2D eigenvalue weighted by molar-refractivity contribution is 5.96. The lowest BCUT2D eigenvalue weighted by molar-refractivity contribution is 0.378. The number of hydrogen-bond donors (Lipinski definition) is 3. The summed E-state index contributed by atoms with van der Waals surface area (Å²) in [4.78, 5) is 7.62. The summed E-state index contributed by atoms with van der Waals surface area (Å²) >= 11 is 0. The van der Waals surface area contributed by atoms with Crippen molar-refractivity contribution in [2.45, 2.75) is 19.5 Å². The minimum atomic E-state index is -1.04. The van der Waals surface area contributed by atoms with Crippen molar-refractivity contribution >= 4 is 16.6 Å². The SMILES string of the molecule is CCC(F)C1=C\C#CC=C(c2c[nH]c3ncc(-c4ccc(O)c(O)c4)cc23)/C=C\1. The van der Waals surface area contributed by atoms with Crippen molar-refractivity contribution in [1.82, 2.24) is 9.97 Å². The molecule has 0 bridgehead atoms. The van der Waals surface area contributed by atoms with Crippen LogP contribution >= 0.6 is 0 Å². The zero-order valence-corrected chi connectivity index (χ0v) is 15.8. The van der Waals surface area contributed by atoms with Crippen LogP contribution in [0.3, 0.4) is 0 Å². The zero-order chi connectivity index (χ0) is 20.4. The number of pyridine rings is 1. The van der Waals surface area contributed by atoms with E-state index in [1.54, 1.807) is 37.4 Å². The summed E-state index contributed by atoms with van der Waals surface area (Å²) in [5.74, 6) is 5.49. The van der Waals surface area contributed by atoms with E-state index in [-0.39, 0.29) is 11.5 Å². The second kappa shape index (κ2) is 7.69. The normalized spacial score (nSPS) is 17.3. The van der Waals surface area contributed by atoms with Gasteiger partial charge in [-0.2, -0.15) is 0 Å². The number of fused-ring (bicyclic) bond motifs is 1. The molecule has 1 aliphatic rings. The molecule has 4 rings (SSSR count). The molecule has 1 atom stereocenters. The molecule has 0 spiro atoms. The van der Waals surface area contributed by atoms with Crippen LogP contribution in [0.1, 0.15) is 18.9 Å². The number of phenolic OH excluding ortho intramolecular Hbond substituents is 2. The quantitative estimate of drug-likeness (QED) is 0.422. The molecule has 2 heterocycles. The van der Waals surface area contributed by atoms with Gasteiger partial charge in [0.2, 0.25) is 0 Å². The minimum Gasteiger partial charge on any atom is -0.504 e. The van der Waals surface area contributed by atoms with Crippen molar-refractivity contribution in [2.24, 2.45) is 0 Å². The Kier molecular flexibility index (Phi) is 4.92. The lowest BCUT2D eigenvalue weighted by atomic mass is 9.99. The predicted molar refractivity (Wildman–Crippen MR) is 113 cm³/mol. The van der Waals surface area contributed by atoms with E-state index in [1.807, 2.05) is 18.3 Å². The lowest BCUT2D eigenvalue weighted by Gasteiger charge is -2.08. The minimum absolute atomic E-state index is 0.171. The summed E-state index contributed by atoms with van der Waals surface area (Å²) in [5, 5.41) is 20.2. The van der Waals surface area contributed by atoms with Crippen LogP contribution in [0.5, 0.6) is 11.5 Å². The van der Waals surface area contributed by atoms with E-state index in [2.05, 4.69) is 21.8 Å². The van der Waals surface area contributed by atoms with Gasteiger partial charge in [0.15, 0.2) is 11.5 Å². The summed E-state index contributed by atoms with van der Waals surface area (Å²) in [6, 6.07) is 6.61. The maximum atomic E-state index is 14.1. The van der Waals surface area contributed by atoms with Gasteiger partial charge in [-0.15, -0.1) is 0 Å². The van der Waals surface area contributed by atoms with Gasteiger partial charge >= 0.3 is 0 Å². The maximum absolute atomic E-state index is 14.1. The van der Waals surface area contributed by atoms with Crippen molar-refractivity contribution in [3.05, 3.63) is 72.1 Å². The molecule has 0 saturated carbocycles. The van der Waals surface area contributed by atoms with E-state index in [1.165, 1.54) is 12.1 Å². The molecule has 1 aromatic carbocycles. The Balaban J connectivity index is 1.76. The number of benzene rings is 1. The van der Waals surface area contributed by atoms with Gasteiger partial charge < -0.3 is 15.2 Å². The molecule has 5 heteroatoms. The first-order valence-corrected chi connectivity index (χ1v) is 9.30. The maximum Gasteiger partial charge on any atom is 0.158 e. The van der Waals surface area contributed by atoms with Crippen LogP contribution in [-0.2, 0) is 0 Å². The molecule has 1 unspecified atom stereocenters. The highest BCUT2D eigenvalue weighted by Crippen LogP contribution is 2.33. The van der Waals surface area contributed by atoms with Gasteiger partial charge in [0.25, 0.3) is 0 Å². The van der Waals surface area contributed by atoms with Gasteiger partial charge in [0.1, 0.15) is 11.8 Å². The van der Waals surface area contributed by atoms with Crippen molar-refractivity contribution < 1.29 is 14.6 Å². The average Bonchev–Trinajstić information content (AvgIpc) is 3.13. The molecule has 0 radical (unpaired) electrons. The molecule has 1 aliphatic carbocycles. The molecule has 29 heavy (non-hydrogen) atoms. The van der Waals surface area contributed by atoms with Crippen LogP contribution in [-0.4, -0.2) is 26.4 Å². The average molecular weight is 386 g/mol. The predicted octanol–water partition coefficient (Wildman–Crippen LogP) is 5.27. The summed E-state index contributed by atoms with van der Waals surface area (Å²) in [6.45, 7) is 1.80. The smallest absolute Gasteiger partial charge is 0.158 e. The van der Waals surface area contributed by atoms with Crippen LogP contribution in [0, 0.1) is 11.8 Å². The number of rotatable bonds is 4. The number of nitrogens with zero attached hydrogens (tertiary/aromatic N) is 1. The topological polar surface area (TPSA) is 69.1 Å². The Labute approximate surface area is 167 Å². The Hall–Kier alpha value is -3.78. The van der Waals surface area contributed by atoms with E-state index >= 15 is 0 Å². The first kappa shape index (κ1) is 18.6. The Morgan fingerprint density at radius 1 is 1.07 bits per heavy atom. The van der Waals surface area contributed by atoms with Gasteiger partial charge in [-0.3, -0.25) is 0 Å². The number of aromatic hydroxyl groups is 2. The lowest BCUT2D eigenvalue weighted by Crippen LogP contribution is -2.00. The molecule has 144 valence electrons. The van der Waals surface area contributed by atoms with E-state index in [4.69, 9.17) is 0 Å². The molecule has 3 N–H and O–H groups in total. The van der Waals surface area contributed by atoms with Crippen molar-refractivity contribution in [2.75, 3.05) is 0 Å².